The molecule has 2 aliphatic rings. The molecular formula is C38H25N3S. The van der Waals surface area contributed by atoms with Crippen molar-refractivity contribution in [1.82, 2.24) is 4.57 Å². The van der Waals surface area contributed by atoms with Crippen LogP contribution in [-0.4, -0.2) is 4.57 Å². The Bertz CT molecular complexity index is 2280. The minimum absolute atomic E-state index is 0.0291. The third-order valence-electron chi connectivity index (χ3n) is 9.27. The SMILES string of the molecule is c1ccc(C2Nc3c(sc4ccccc34)NC2n2c3cccc4c3c3c(cccc32)-c2cccc3cccc-4c23)cc1. The highest BCUT2D eigenvalue weighted by molar-refractivity contribution is 7.23. The lowest BCUT2D eigenvalue weighted by atomic mass is 9.93. The van der Waals surface area contributed by atoms with Gasteiger partial charge in [0.15, 0.2) is 0 Å². The van der Waals surface area contributed by atoms with E-state index in [-0.39, 0.29) is 12.2 Å². The fourth-order valence-electron chi connectivity index (χ4n) is 7.56. The number of nitrogens with zero attached hydrogens (tertiary/aromatic N) is 1. The van der Waals surface area contributed by atoms with E-state index in [1.165, 1.54) is 81.2 Å². The van der Waals surface area contributed by atoms with Crippen molar-refractivity contribution >= 4 is 64.7 Å². The summed E-state index contributed by atoms with van der Waals surface area (Å²) in [6, 6.07) is 46.8. The van der Waals surface area contributed by atoms with Crippen LogP contribution >= 0.6 is 11.3 Å². The summed E-state index contributed by atoms with van der Waals surface area (Å²) in [5.41, 5.74) is 10.2. The maximum atomic E-state index is 4.05. The minimum atomic E-state index is -0.0380. The number of nitrogens with one attached hydrogen (secondary N) is 2. The quantitative estimate of drug-likeness (QED) is 0.222. The van der Waals surface area contributed by atoms with Gasteiger partial charge in [-0.25, -0.2) is 0 Å². The van der Waals surface area contributed by atoms with Crippen LogP contribution in [0.1, 0.15) is 17.8 Å². The number of fused-ring (bicyclic) bond motifs is 5. The van der Waals surface area contributed by atoms with E-state index in [9.17, 15) is 0 Å². The normalized spacial score (nSPS) is 17.0. The first-order valence-electron chi connectivity index (χ1n) is 14.5. The summed E-state index contributed by atoms with van der Waals surface area (Å²) in [5, 5.41) is 15.8. The smallest absolute Gasteiger partial charge is 0.129 e. The van der Waals surface area contributed by atoms with E-state index in [0.717, 1.165) is 0 Å². The summed E-state index contributed by atoms with van der Waals surface area (Å²) in [5.74, 6) is 0. The van der Waals surface area contributed by atoms with Gasteiger partial charge in [-0.15, -0.1) is 11.3 Å². The predicted octanol–water partition coefficient (Wildman–Crippen LogP) is 10.6. The largest absolute Gasteiger partial charge is 0.372 e. The summed E-state index contributed by atoms with van der Waals surface area (Å²) >= 11 is 1.83. The molecule has 0 fully saturated rings. The van der Waals surface area contributed by atoms with E-state index in [1.807, 2.05) is 11.3 Å². The molecular weight excluding hydrogens is 531 g/mol. The van der Waals surface area contributed by atoms with Crippen LogP contribution in [0.4, 0.5) is 10.7 Å². The Morgan fingerprint density at radius 2 is 1.12 bits per heavy atom. The molecule has 2 N–H and O–H groups in total. The molecule has 1 aliphatic carbocycles. The summed E-state index contributed by atoms with van der Waals surface area (Å²) in [6.45, 7) is 0. The summed E-state index contributed by atoms with van der Waals surface area (Å²) in [6.07, 6.45) is -0.0380. The van der Waals surface area contributed by atoms with Crippen LogP contribution in [0.5, 0.6) is 0 Å². The highest BCUT2D eigenvalue weighted by Crippen LogP contribution is 2.53. The summed E-state index contributed by atoms with van der Waals surface area (Å²) in [7, 11) is 0. The Morgan fingerprint density at radius 3 is 1.81 bits per heavy atom. The van der Waals surface area contributed by atoms with Crippen LogP contribution in [0.2, 0.25) is 0 Å². The molecule has 6 aromatic carbocycles. The summed E-state index contributed by atoms with van der Waals surface area (Å²) < 4.78 is 3.85. The first-order chi connectivity index (χ1) is 20.8. The molecule has 8 aromatic rings. The van der Waals surface area contributed by atoms with Gasteiger partial charge in [-0.1, -0.05) is 109 Å². The van der Waals surface area contributed by atoms with Gasteiger partial charge in [0.25, 0.3) is 0 Å². The van der Waals surface area contributed by atoms with Crippen molar-refractivity contribution in [2.45, 2.75) is 12.2 Å². The van der Waals surface area contributed by atoms with E-state index in [4.69, 9.17) is 0 Å². The van der Waals surface area contributed by atoms with Gasteiger partial charge in [-0.2, -0.15) is 0 Å². The monoisotopic (exact) mass is 555 g/mol. The fraction of sp³-hybridized carbons (Fsp3) is 0.0526. The van der Waals surface area contributed by atoms with E-state index in [0.29, 0.717) is 0 Å². The average molecular weight is 556 g/mol. The molecule has 0 spiro atoms. The Hall–Kier alpha value is -5.06. The van der Waals surface area contributed by atoms with Crippen LogP contribution in [-0.2, 0) is 0 Å². The fourth-order valence-corrected chi connectivity index (χ4v) is 8.65. The van der Waals surface area contributed by atoms with Crippen molar-refractivity contribution in [3.63, 3.8) is 0 Å². The maximum Gasteiger partial charge on any atom is 0.129 e. The van der Waals surface area contributed by atoms with Crippen LogP contribution < -0.4 is 10.6 Å². The van der Waals surface area contributed by atoms with Crippen LogP contribution in [0.15, 0.2) is 127 Å². The predicted molar refractivity (Wildman–Crippen MR) is 179 cm³/mol. The van der Waals surface area contributed by atoms with E-state index in [2.05, 4.69) is 143 Å². The first-order valence-corrected chi connectivity index (χ1v) is 15.3. The topological polar surface area (TPSA) is 29.0 Å². The second kappa shape index (κ2) is 8.25. The number of hydrogen-bond donors (Lipinski definition) is 2. The molecule has 1 aliphatic heterocycles. The first kappa shape index (κ1) is 22.6. The van der Waals surface area contributed by atoms with Gasteiger partial charge >= 0.3 is 0 Å². The number of anilines is 2. The third kappa shape index (κ3) is 2.89. The summed E-state index contributed by atoms with van der Waals surface area (Å²) in [4.78, 5) is 0. The van der Waals surface area contributed by atoms with Crippen molar-refractivity contribution in [3.8, 4) is 22.3 Å². The van der Waals surface area contributed by atoms with Crippen LogP contribution in [0.25, 0.3) is 64.9 Å². The highest BCUT2D eigenvalue weighted by Gasteiger charge is 2.35. The number of benzene rings is 6. The van der Waals surface area contributed by atoms with Crippen molar-refractivity contribution in [3.05, 3.63) is 133 Å². The molecule has 0 saturated carbocycles. The van der Waals surface area contributed by atoms with Gasteiger partial charge in [-0.05, 0) is 56.8 Å². The molecule has 0 amide bonds. The lowest BCUT2D eigenvalue weighted by Crippen LogP contribution is -2.33. The zero-order chi connectivity index (χ0) is 27.4. The van der Waals surface area contributed by atoms with Gasteiger partial charge in [0.2, 0.25) is 0 Å². The molecule has 10 rings (SSSR count). The zero-order valence-corrected chi connectivity index (χ0v) is 23.5. The van der Waals surface area contributed by atoms with Crippen molar-refractivity contribution in [2.24, 2.45) is 0 Å². The number of thiophene rings is 1. The molecule has 2 atom stereocenters. The standard InChI is InChI=1S/C38H25N3S/c1-2-10-23(11-3-1)35-37(40-38-36(39-35)28-14-4-5-21-31(28)42-38)41-29-19-8-17-26-24-15-6-12-22-13-7-16-25(32(22)24)27-18-9-20-30(41)34(27)33(26)29/h1-21,35,37,39-40H. The molecule has 2 aromatic heterocycles. The van der Waals surface area contributed by atoms with Crippen LogP contribution in [0, 0.1) is 0 Å². The van der Waals surface area contributed by atoms with Crippen molar-refractivity contribution in [2.75, 3.05) is 10.6 Å². The molecule has 3 heterocycles. The highest BCUT2D eigenvalue weighted by atomic mass is 32.1. The Balaban J connectivity index is 1.31. The van der Waals surface area contributed by atoms with Gasteiger partial charge < -0.3 is 15.2 Å². The van der Waals surface area contributed by atoms with Gasteiger partial charge in [0.1, 0.15) is 11.2 Å². The second-order valence-electron chi connectivity index (χ2n) is 11.4. The van der Waals surface area contributed by atoms with Gasteiger partial charge in [0.05, 0.1) is 22.8 Å². The van der Waals surface area contributed by atoms with Crippen molar-refractivity contribution in [1.29, 1.82) is 0 Å². The second-order valence-corrected chi connectivity index (χ2v) is 12.5. The van der Waals surface area contributed by atoms with E-state index >= 15 is 0 Å². The van der Waals surface area contributed by atoms with Gasteiger partial charge in [-0.3, -0.25) is 0 Å². The minimum Gasteiger partial charge on any atom is -0.372 e. The molecule has 198 valence electrons. The molecule has 0 radical (unpaired) electrons. The molecule has 2 unspecified atom stereocenters. The molecule has 4 heteroatoms. The maximum absolute atomic E-state index is 4.05. The number of hydrogen-bond acceptors (Lipinski definition) is 3. The average Bonchev–Trinajstić information content (AvgIpc) is 3.55. The van der Waals surface area contributed by atoms with Gasteiger partial charge in [0, 0.05) is 20.9 Å². The zero-order valence-electron chi connectivity index (χ0n) is 22.6. The molecule has 3 nitrogen and oxygen atoms in total. The van der Waals surface area contributed by atoms with Crippen LogP contribution in [0.3, 0.4) is 0 Å². The molecule has 0 saturated heterocycles. The molecule has 42 heavy (non-hydrogen) atoms. The Morgan fingerprint density at radius 1 is 0.524 bits per heavy atom. The number of rotatable bonds is 2. The lowest BCUT2D eigenvalue weighted by Gasteiger charge is -2.37. The van der Waals surface area contributed by atoms with E-state index < -0.39 is 0 Å². The van der Waals surface area contributed by atoms with Crippen molar-refractivity contribution < 1.29 is 0 Å². The molecule has 0 bridgehead atoms. The Labute approximate surface area is 246 Å². The third-order valence-corrected chi connectivity index (χ3v) is 10.4. The number of aromatic nitrogens is 1. The lowest BCUT2D eigenvalue weighted by molar-refractivity contribution is 0.508. The Kier molecular flexibility index (Phi) is 4.44. The van der Waals surface area contributed by atoms with E-state index in [1.54, 1.807) is 0 Å².